The molecule has 0 amide bonds. The van der Waals surface area contributed by atoms with Crippen molar-refractivity contribution in [2.24, 2.45) is 0 Å². The van der Waals surface area contributed by atoms with E-state index in [0.717, 1.165) is 24.2 Å². The molecular weight excluding hydrogens is 205 g/mol. The first-order valence-electron chi connectivity index (χ1n) is 5.73. The van der Waals surface area contributed by atoms with Crippen LogP contribution < -0.4 is 5.32 Å². The number of hydrogen-bond acceptors (Lipinski definition) is 2. The maximum absolute atomic E-state index is 14.0. The molecule has 1 aliphatic heterocycles. The van der Waals surface area contributed by atoms with Gasteiger partial charge in [0, 0.05) is 5.56 Å². The molecule has 1 fully saturated rings. The fourth-order valence-electron chi connectivity index (χ4n) is 2.60. The highest BCUT2D eigenvalue weighted by Gasteiger charge is 2.34. The maximum atomic E-state index is 14.0. The van der Waals surface area contributed by atoms with Crippen LogP contribution in [0, 0.1) is 19.7 Å². The third kappa shape index (κ3) is 1.97. The van der Waals surface area contributed by atoms with Gasteiger partial charge < -0.3 is 10.4 Å². The first kappa shape index (κ1) is 11.6. The maximum Gasteiger partial charge on any atom is 0.129 e. The van der Waals surface area contributed by atoms with Crippen molar-refractivity contribution >= 4 is 0 Å². The Kier molecular flexibility index (Phi) is 3.00. The van der Waals surface area contributed by atoms with E-state index >= 15 is 0 Å². The minimum Gasteiger partial charge on any atom is -0.385 e. The van der Waals surface area contributed by atoms with Crippen molar-refractivity contribution in [2.45, 2.75) is 32.3 Å². The number of aryl methyl sites for hydroxylation is 2. The second kappa shape index (κ2) is 4.15. The van der Waals surface area contributed by atoms with E-state index in [0.29, 0.717) is 18.4 Å². The normalized spacial score (nSPS) is 19.8. The summed E-state index contributed by atoms with van der Waals surface area (Å²) in [6.45, 7) is 5.21. The topological polar surface area (TPSA) is 32.3 Å². The molecule has 2 nitrogen and oxygen atoms in total. The zero-order chi connectivity index (χ0) is 11.8. The number of aliphatic hydroxyl groups is 1. The minimum absolute atomic E-state index is 0.276. The number of rotatable bonds is 1. The van der Waals surface area contributed by atoms with Crippen LogP contribution >= 0.6 is 0 Å². The van der Waals surface area contributed by atoms with Gasteiger partial charge in [-0.25, -0.2) is 4.39 Å². The number of halogens is 1. The lowest BCUT2D eigenvalue weighted by atomic mass is 9.82. The molecule has 0 bridgehead atoms. The molecule has 2 N–H and O–H groups in total. The highest BCUT2D eigenvalue weighted by molar-refractivity contribution is 5.36. The molecule has 88 valence electrons. The van der Waals surface area contributed by atoms with Crippen LogP contribution in [0.4, 0.5) is 4.39 Å². The lowest BCUT2D eigenvalue weighted by Gasteiger charge is -2.34. The molecule has 2 rings (SSSR count). The minimum atomic E-state index is -0.993. The van der Waals surface area contributed by atoms with Gasteiger partial charge in [-0.15, -0.1) is 0 Å². The van der Waals surface area contributed by atoms with Gasteiger partial charge in [-0.3, -0.25) is 0 Å². The summed E-state index contributed by atoms with van der Waals surface area (Å²) in [5.41, 5.74) is 1.24. The van der Waals surface area contributed by atoms with Crippen LogP contribution in [0.2, 0.25) is 0 Å². The number of piperidine rings is 1. The molecule has 16 heavy (non-hydrogen) atoms. The van der Waals surface area contributed by atoms with Gasteiger partial charge in [-0.1, -0.05) is 6.07 Å². The second-order valence-corrected chi connectivity index (χ2v) is 4.72. The van der Waals surface area contributed by atoms with Crippen molar-refractivity contribution in [1.82, 2.24) is 5.32 Å². The van der Waals surface area contributed by atoms with E-state index < -0.39 is 5.60 Å². The van der Waals surface area contributed by atoms with Gasteiger partial charge in [0.05, 0.1) is 5.60 Å². The fraction of sp³-hybridized carbons (Fsp3) is 0.538. The Morgan fingerprint density at radius 3 is 2.44 bits per heavy atom. The van der Waals surface area contributed by atoms with Crippen LogP contribution in [0.3, 0.4) is 0 Å². The Bertz CT molecular complexity index is 374. The molecule has 0 aromatic heterocycles. The lowest BCUT2D eigenvalue weighted by molar-refractivity contribution is 0.00216. The summed E-state index contributed by atoms with van der Waals surface area (Å²) in [7, 11) is 0. The molecule has 0 radical (unpaired) electrons. The smallest absolute Gasteiger partial charge is 0.129 e. The summed E-state index contributed by atoms with van der Waals surface area (Å²) in [6, 6.07) is 3.43. The van der Waals surface area contributed by atoms with Crippen LogP contribution in [0.15, 0.2) is 12.1 Å². The van der Waals surface area contributed by atoms with Crippen LogP contribution in [-0.2, 0) is 5.60 Å². The zero-order valence-electron chi connectivity index (χ0n) is 9.81. The molecule has 1 heterocycles. The molecule has 0 aliphatic carbocycles. The average Bonchev–Trinajstić information content (AvgIpc) is 2.16. The van der Waals surface area contributed by atoms with Crippen molar-refractivity contribution in [3.63, 3.8) is 0 Å². The van der Waals surface area contributed by atoms with Gasteiger partial charge in [0.1, 0.15) is 5.82 Å². The second-order valence-electron chi connectivity index (χ2n) is 4.72. The Labute approximate surface area is 95.5 Å². The summed E-state index contributed by atoms with van der Waals surface area (Å²) in [5, 5.41) is 13.7. The van der Waals surface area contributed by atoms with E-state index in [-0.39, 0.29) is 5.82 Å². The summed E-state index contributed by atoms with van der Waals surface area (Å²) < 4.78 is 14.0. The Morgan fingerprint density at radius 1 is 1.25 bits per heavy atom. The lowest BCUT2D eigenvalue weighted by Crippen LogP contribution is -2.40. The van der Waals surface area contributed by atoms with E-state index in [1.54, 1.807) is 0 Å². The fourth-order valence-corrected chi connectivity index (χ4v) is 2.60. The van der Waals surface area contributed by atoms with Crippen molar-refractivity contribution in [2.75, 3.05) is 13.1 Å². The van der Waals surface area contributed by atoms with Crippen LogP contribution in [0.1, 0.15) is 29.5 Å². The number of nitrogens with one attached hydrogen (secondary N) is 1. The monoisotopic (exact) mass is 223 g/mol. The first-order valence-corrected chi connectivity index (χ1v) is 5.73. The Morgan fingerprint density at radius 2 is 1.88 bits per heavy atom. The van der Waals surface area contributed by atoms with E-state index in [2.05, 4.69) is 5.32 Å². The molecule has 3 heteroatoms. The molecule has 1 aliphatic rings. The van der Waals surface area contributed by atoms with E-state index in [9.17, 15) is 9.50 Å². The van der Waals surface area contributed by atoms with Gasteiger partial charge in [0.25, 0.3) is 0 Å². The van der Waals surface area contributed by atoms with Crippen molar-refractivity contribution < 1.29 is 9.50 Å². The van der Waals surface area contributed by atoms with Crippen molar-refractivity contribution in [1.29, 1.82) is 0 Å². The molecule has 0 unspecified atom stereocenters. The number of hydrogen-bond donors (Lipinski definition) is 2. The molecule has 1 aromatic rings. The SMILES string of the molecule is Cc1cc(C)c(C2(O)CCNCC2)c(F)c1. The van der Waals surface area contributed by atoms with Gasteiger partial charge >= 0.3 is 0 Å². The first-order chi connectivity index (χ1) is 7.53. The summed E-state index contributed by atoms with van der Waals surface area (Å²) in [4.78, 5) is 0. The van der Waals surface area contributed by atoms with E-state index in [4.69, 9.17) is 0 Å². The standard InChI is InChI=1S/C13H18FNO/c1-9-7-10(2)12(11(14)8-9)13(16)3-5-15-6-4-13/h7-8,15-16H,3-6H2,1-2H3. The predicted octanol–water partition coefficient (Wildman–Crippen LogP) is 2.01. The summed E-state index contributed by atoms with van der Waals surface area (Å²) in [5.74, 6) is -0.276. The quantitative estimate of drug-likeness (QED) is 0.763. The van der Waals surface area contributed by atoms with Gasteiger partial charge in [0.2, 0.25) is 0 Å². The van der Waals surface area contributed by atoms with Crippen molar-refractivity contribution in [3.8, 4) is 0 Å². The van der Waals surface area contributed by atoms with Crippen LogP contribution in [-0.4, -0.2) is 18.2 Å². The molecule has 1 aromatic carbocycles. The third-order valence-corrected chi connectivity index (χ3v) is 3.33. The zero-order valence-corrected chi connectivity index (χ0v) is 9.81. The highest BCUT2D eigenvalue weighted by Crippen LogP contribution is 2.34. The van der Waals surface area contributed by atoms with Crippen molar-refractivity contribution in [3.05, 3.63) is 34.6 Å². The third-order valence-electron chi connectivity index (χ3n) is 3.33. The van der Waals surface area contributed by atoms with E-state index in [1.165, 1.54) is 6.07 Å². The number of benzene rings is 1. The van der Waals surface area contributed by atoms with Crippen LogP contribution in [0.25, 0.3) is 0 Å². The average molecular weight is 223 g/mol. The summed E-state index contributed by atoms with van der Waals surface area (Å²) in [6.07, 6.45) is 1.15. The molecule has 0 saturated carbocycles. The molecule has 1 saturated heterocycles. The van der Waals surface area contributed by atoms with Gasteiger partial charge in [-0.2, -0.15) is 0 Å². The molecular formula is C13H18FNO. The largest absolute Gasteiger partial charge is 0.385 e. The summed E-state index contributed by atoms with van der Waals surface area (Å²) >= 11 is 0. The predicted molar refractivity (Wildman–Crippen MR) is 61.9 cm³/mol. The van der Waals surface area contributed by atoms with Crippen LogP contribution in [0.5, 0.6) is 0 Å². The van der Waals surface area contributed by atoms with E-state index in [1.807, 2.05) is 19.9 Å². The molecule has 0 atom stereocenters. The van der Waals surface area contributed by atoms with Gasteiger partial charge in [0.15, 0.2) is 0 Å². The van der Waals surface area contributed by atoms with Gasteiger partial charge in [-0.05, 0) is 57.0 Å². The molecule has 0 spiro atoms. The Hall–Kier alpha value is -0.930. The Balaban J connectivity index is 2.46. The highest BCUT2D eigenvalue weighted by atomic mass is 19.1.